The Balaban J connectivity index is 3.43. The SMILES string of the molecule is CN(C)C(=O)c1c(F)ccc([N+](=O)[O-])c1N. The molecule has 0 aromatic heterocycles. The lowest BCUT2D eigenvalue weighted by Crippen LogP contribution is -2.24. The van der Waals surface area contributed by atoms with E-state index in [9.17, 15) is 19.3 Å². The van der Waals surface area contributed by atoms with Gasteiger partial charge in [-0.25, -0.2) is 4.39 Å². The third-order valence-electron chi connectivity index (χ3n) is 1.99. The number of hydrogen-bond donors (Lipinski definition) is 1. The van der Waals surface area contributed by atoms with Gasteiger partial charge in [0.15, 0.2) is 0 Å². The summed E-state index contributed by atoms with van der Waals surface area (Å²) in [5.74, 6) is -1.58. The molecule has 0 aliphatic heterocycles. The maximum absolute atomic E-state index is 13.4. The molecule has 1 rings (SSSR count). The first-order chi connectivity index (χ1) is 7.36. The second-order valence-corrected chi connectivity index (χ2v) is 3.31. The number of carbonyl (C=O) groups is 1. The van der Waals surface area contributed by atoms with Crippen molar-refractivity contribution in [1.82, 2.24) is 4.90 Å². The molecule has 0 atom stereocenters. The van der Waals surface area contributed by atoms with Gasteiger partial charge in [-0.2, -0.15) is 0 Å². The topological polar surface area (TPSA) is 89.5 Å². The average molecular weight is 227 g/mol. The van der Waals surface area contributed by atoms with Crippen molar-refractivity contribution in [3.63, 3.8) is 0 Å². The molecule has 0 heterocycles. The molecule has 0 aliphatic rings. The molecule has 86 valence electrons. The zero-order chi connectivity index (χ0) is 12.5. The molecule has 0 unspecified atom stereocenters. The first-order valence-corrected chi connectivity index (χ1v) is 4.30. The molecular formula is C9H10FN3O3. The Morgan fingerprint density at radius 3 is 2.50 bits per heavy atom. The summed E-state index contributed by atoms with van der Waals surface area (Å²) in [6, 6.07) is 1.78. The zero-order valence-corrected chi connectivity index (χ0v) is 8.73. The van der Waals surface area contributed by atoms with Crippen LogP contribution in [0.15, 0.2) is 12.1 Å². The summed E-state index contributed by atoms with van der Waals surface area (Å²) < 4.78 is 13.4. The van der Waals surface area contributed by atoms with Crippen LogP contribution in [0.2, 0.25) is 0 Å². The Bertz CT molecular complexity index is 460. The fourth-order valence-corrected chi connectivity index (χ4v) is 1.18. The van der Waals surface area contributed by atoms with E-state index in [1.807, 2.05) is 0 Å². The van der Waals surface area contributed by atoms with Crippen LogP contribution in [-0.4, -0.2) is 29.8 Å². The number of nitro benzene ring substituents is 1. The Morgan fingerprint density at radius 2 is 2.06 bits per heavy atom. The average Bonchev–Trinajstić information content (AvgIpc) is 2.16. The smallest absolute Gasteiger partial charge is 0.293 e. The van der Waals surface area contributed by atoms with E-state index in [2.05, 4.69) is 0 Å². The van der Waals surface area contributed by atoms with E-state index in [0.29, 0.717) is 0 Å². The van der Waals surface area contributed by atoms with E-state index in [1.165, 1.54) is 14.1 Å². The molecule has 0 radical (unpaired) electrons. The lowest BCUT2D eigenvalue weighted by atomic mass is 10.1. The number of rotatable bonds is 2. The van der Waals surface area contributed by atoms with E-state index in [4.69, 9.17) is 5.73 Å². The Labute approximate surface area is 90.6 Å². The number of hydrogen-bond acceptors (Lipinski definition) is 4. The van der Waals surface area contributed by atoms with Crippen molar-refractivity contribution in [2.24, 2.45) is 0 Å². The summed E-state index contributed by atoms with van der Waals surface area (Å²) in [5, 5.41) is 10.6. The summed E-state index contributed by atoms with van der Waals surface area (Å²) in [4.78, 5) is 22.4. The van der Waals surface area contributed by atoms with Crippen molar-refractivity contribution >= 4 is 17.3 Å². The number of amides is 1. The Kier molecular flexibility index (Phi) is 3.07. The number of nitrogens with two attached hydrogens (primary N) is 1. The molecule has 0 spiro atoms. The summed E-state index contributed by atoms with van der Waals surface area (Å²) >= 11 is 0. The van der Waals surface area contributed by atoms with Gasteiger partial charge in [-0.3, -0.25) is 14.9 Å². The van der Waals surface area contributed by atoms with Crippen molar-refractivity contribution < 1.29 is 14.1 Å². The molecule has 6 nitrogen and oxygen atoms in total. The van der Waals surface area contributed by atoms with E-state index in [0.717, 1.165) is 17.0 Å². The highest BCUT2D eigenvalue weighted by Crippen LogP contribution is 2.27. The number of anilines is 1. The van der Waals surface area contributed by atoms with Crippen LogP contribution in [0.1, 0.15) is 10.4 Å². The lowest BCUT2D eigenvalue weighted by Gasteiger charge is -2.12. The standard InChI is InChI=1S/C9H10FN3O3/c1-12(2)9(14)7-5(10)3-4-6(8(7)11)13(15)16/h3-4H,11H2,1-2H3. The first-order valence-electron chi connectivity index (χ1n) is 4.30. The normalized spacial score (nSPS) is 9.94. The van der Waals surface area contributed by atoms with Crippen LogP contribution in [0, 0.1) is 15.9 Å². The number of halogens is 1. The molecule has 16 heavy (non-hydrogen) atoms. The summed E-state index contributed by atoms with van der Waals surface area (Å²) in [6.45, 7) is 0. The van der Waals surface area contributed by atoms with Crippen LogP contribution in [0.5, 0.6) is 0 Å². The Morgan fingerprint density at radius 1 is 1.50 bits per heavy atom. The predicted octanol–water partition coefficient (Wildman–Crippen LogP) is 1.02. The van der Waals surface area contributed by atoms with Gasteiger partial charge in [0.1, 0.15) is 17.1 Å². The van der Waals surface area contributed by atoms with Gasteiger partial charge in [-0.05, 0) is 6.07 Å². The van der Waals surface area contributed by atoms with Crippen LogP contribution in [0.3, 0.4) is 0 Å². The highest BCUT2D eigenvalue weighted by Gasteiger charge is 2.24. The summed E-state index contributed by atoms with van der Waals surface area (Å²) in [6.07, 6.45) is 0. The minimum Gasteiger partial charge on any atom is -0.392 e. The van der Waals surface area contributed by atoms with Gasteiger partial charge in [0.05, 0.1) is 4.92 Å². The van der Waals surface area contributed by atoms with Crippen LogP contribution in [-0.2, 0) is 0 Å². The second-order valence-electron chi connectivity index (χ2n) is 3.31. The molecule has 0 saturated heterocycles. The molecule has 2 N–H and O–H groups in total. The zero-order valence-electron chi connectivity index (χ0n) is 8.73. The van der Waals surface area contributed by atoms with Gasteiger partial charge in [-0.15, -0.1) is 0 Å². The van der Waals surface area contributed by atoms with Crippen LogP contribution < -0.4 is 5.73 Å². The number of nitrogen functional groups attached to an aromatic ring is 1. The van der Waals surface area contributed by atoms with Crippen LogP contribution in [0.25, 0.3) is 0 Å². The third kappa shape index (κ3) is 1.92. The van der Waals surface area contributed by atoms with Gasteiger partial charge in [0, 0.05) is 20.2 Å². The number of nitro groups is 1. The van der Waals surface area contributed by atoms with Crippen molar-refractivity contribution in [3.8, 4) is 0 Å². The second kappa shape index (κ2) is 4.13. The quantitative estimate of drug-likeness (QED) is 0.464. The van der Waals surface area contributed by atoms with Crippen molar-refractivity contribution in [1.29, 1.82) is 0 Å². The van der Waals surface area contributed by atoms with Gasteiger partial charge in [0.25, 0.3) is 11.6 Å². The highest BCUT2D eigenvalue weighted by atomic mass is 19.1. The van der Waals surface area contributed by atoms with Crippen LogP contribution >= 0.6 is 0 Å². The maximum Gasteiger partial charge on any atom is 0.293 e. The lowest BCUT2D eigenvalue weighted by molar-refractivity contribution is -0.384. The molecular weight excluding hydrogens is 217 g/mol. The van der Waals surface area contributed by atoms with Crippen LogP contribution in [0.4, 0.5) is 15.8 Å². The monoisotopic (exact) mass is 227 g/mol. The minimum atomic E-state index is -0.873. The molecule has 1 aromatic carbocycles. The van der Waals surface area contributed by atoms with E-state index >= 15 is 0 Å². The molecule has 0 bridgehead atoms. The number of carbonyl (C=O) groups excluding carboxylic acids is 1. The molecule has 1 amide bonds. The largest absolute Gasteiger partial charge is 0.392 e. The molecule has 0 saturated carbocycles. The first kappa shape index (κ1) is 11.9. The maximum atomic E-state index is 13.4. The number of benzene rings is 1. The van der Waals surface area contributed by atoms with Crippen molar-refractivity contribution in [3.05, 3.63) is 33.6 Å². The fraction of sp³-hybridized carbons (Fsp3) is 0.222. The third-order valence-corrected chi connectivity index (χ3v) is 1.99. The van der Waals surface area contributed by atoms with Gasteiger partial charge in [0.2, 0.25) is 0 Å². The molecule has 7 heteroatoms. The van der Waals surface area contributed by atoms with Gasteiger partial charge in [-0.1, -0.05) is 0 Å². The molecule has 1 aromatic rings. The summed E-state index contributed by atoms with van der Waals surface area (Å²) in [7, 11) is 2.81. The molecule has 0 aliphatic carbocycles. The van der Waals surface area contributed by atoms with E-state index < -0.39 is 33.6 Å². The Hall–Kier alpha value is -2.18. The van der Waals surface area contributed by atoms with Gasteiger partial charge >= 0.3 is 0 Å². The fourth-order valence-electron chi connectivity index (χ4n) is 1.18. The predicted molar refractivity (Wildman–Crippen MR) is 55.5 cm³/mol. The van der Waals surface area contributed by atoms with E-state index in [1.54, 1.807) is 0 Å². The number of nitrogens with zero attached hydrogens (tertiary/aromatic N) is 2. The van der Waals surface area contributed by atoms with Crippen molar-refractivity contribution in [2.45, 2.75) is 0 Å². The molecule has 0 fully saturated rings. The van der Waals surface area contributed by atoms with E-state index in [-0.39, 0.29) is 0 Å². The summed E-state index contributed by atoms with van der Waals surface area (Å²) in [5.41, 5.74) is 3.99. The minimum absolute atomic E-state index is 0.455. The van der Waals surface area contributed by atoms with Gasteiger partial charge < -0.3 is 10.6 Å². The van der Waals surface area contributed by atoms with Crippen molar-refractivity contribution in [2.75, 3.05) is 19.8 Å². The highest BCUT2D eigenvalue weighted by molar-refractivity contribution is 6.01.